The zero-order valence-corrected chi connectivity index (χ0v) is 11.2. The van der Waals surface area contributed by atoms with Crippen molar-refractivity contribution >= 4 is 17.5 Å². The van der Waals surface area contributed by atoms with Crippen molar-refractivity contribution in [1.29, 1.82) is 0 Å². The summed E-state index contributed by atoms with van der Waals surface area (Å²) >= 11 is 0. The molecule has 1 aromatic rings. The molecule has 3 aliphatic rings. The Kier molecular flexibility index (Phi) is 2.26. The second-order valence-electron chi connectivity index (χ2n) is 5.75. The molecule has 4 rings (SSSR count). The predicted molar refractivity (Wildman–Crippen MR) is 73.7 cm³/mol. The van der Waals surface area contributed by atoms with E-state index < -0.39 is 17.1 Å². The third kappa shape index (κ3) is 1.34. The summed E-state index contributed by atoms with van der Waals surface area (Å²) in [5, 5.41) is 2.77. The molecule has 1 aromatic carbocycles. The highest BCUT2D eigenvalue weighted by Crippen LogP contribution is 2.53. The van der Waals surface area contributed by atoms with E-state index in [0.717, 1.165) is 19.4 Å². The molecule has 21 heavy (non-hydrogen) atoms. The van der Waals surface area contributed by atoms with Gasteiger partial charge in [0, 0.05) is 24.0 Å². The molecular formula is C15H14FN3O2. The van der Waals surface area contributed by atoms with E-state index in [1.54, 1.807) is 6.20 Å². The number of rotatable bonds is 1. The fourth-order valence-corrected chi connectivity index (χ4v) is 4.01. The van der Waals surface area contributed by atoms with Gasteiger partial charge in [0.05, 0.1) is 11.6 Å². The van der Waals surface area contributed by atoms with Crippen LogP contribution in [0.1, 0.15) is 18.4 Å². The molecule has 0 saturated carbocycles. The Morgan fingerprint density at radius 1 is 1.48 bits per heavy atom. The van der Waals surface area contributed by atoms with Crippen LogP contribution in [0.4, 0.5) is 10.1 Å². The van der Waals surface area contributed by atoms with Crippen LogP contribution in [0.3, 0.4) is 0 Å². The lowest BCUT2D eigenvalue weighted by atomic mass is 9.70. The molecule has 2 atom stereocenters. The summed E-state index contributed by atoms with van der Waals surface area (Å²) in [6.07, 6.45) is 3.39. The lowest BCUT2D eigenvalue weighted by Gasteiger charge is -2.31. The lowest BCUT2D eigenvalue weighted by Crippen LogP contribution is -2.49. The van der Waals surface area contributed by atoms with Crippen molar-refractivity contribution < 1.29 is 14.0 Å². The zero-order valence-electron chi connectivity index (χ0n) is 11.2. The van der Waals surface area contributed by atoms with Crippen molar-refractivity contribution in [3.05, 3.63) is 41.4 Å². The number of fused-ring (bicyclic) bond motifs is 4. The Hall–Kier alpha value is -2.37. The van der Waals surface area contributed by atoms with E-state index in [4.69, 9.17) is 5.73 Å². The monoisotopic (exact) mass is 287 g/mol. The topological polar surface area (TPSA) is 75.4 Å². The quantitative estimate of drug-likeness (QED) is 0.804. The molecule has 1 fully saturated rings. The fraction of sp³-hybridized carbons (Fsp3) is 0.333. The van der Waals surface area contributed by atoms with Gasteiger partial charge in [-0.15, -0.1) is 0 Å². The SMILES string of the molecule is NC(=O)C1=CN2CCCC2C12C(=O)Nc1ccc(F)cc12. The van der Waals surface area contributed by atoms with Crippen molar-refractivity contribution in [3.63, 3.8) is 0 Å². The number of carbonyl (C=O) groups excluding carboxylic acids is 2. The van der Waals surface area contributed by atoms with Crippen molar-refractivity contribution in [2.24, 2.45) is 5.73 Å². The van der Waals surface area contributed by atoms with Gasteiger partial charge in [-0.25, -0.2) is 4.39 Å². The number of hydrogen-bond acceptors (Lipinski definition) is 3. The van der Waals surface area contributed by atoms with Crippen LogP contribution in [0.15, 0.2) is 30.0 Å². The minimum atomic E-state index is -1.17. The predicted octanol–water partition coefficient (Wildman–Crippen LogP) is 0.863. The first-order valence-corrected chi connectivity index (χ1v) is 6.94. The van der Waals surface area contributed by atoms with E-state index in [0.29, 0.717) is 11.3 Å². The number of nitrogens with one attached hydrogen (secondary N) is 1. The molecule has 6 heteroatoms. The number of benzene rings is 1. The van der Waals surface area contributed by atoms with Crippen molar-refractivity contribution in [2.45, 2.75) is 24.3 Å². The van der Waals surface area contributed by atoms with Gasteiger partial charge in [-0.1, -0.05) is 0 Å². The third-order valence-electron chi connectivity index (χ3n) is 4.79. The highest BCUT2D eigenvalue weighted by Gasteiger charge is 2.62. The fourth-order valence-electron chi connectivity index (χ4n) is 4.01. The number of hydrogen-bond donors (Lipinski definition) is 2. The largest absolute Gasteiger partial charge is 0.372 e. The first-order valence-electron chi connectivity index (χ1n) is 6.94. The Morgan fingerprint density at radius 3 is 3.05 bits per heavy atom. The number of anilines is 1. The maximum atomic E-state index is 13.7. The first kappa shape index (κ1) is 12.4. The molecule has 1 saturated heterocycles. The molecule has 3 aliphatic heterocycles. The summed E-state index contributed by atoms with van der Waals surface area (Å²) in [5.41, 5.74) is 5.67. The normalized spacial score (nSPS) is 29.4. The number of halogens is 1. The third-order valence-corrected chi connectivity index (χ3v) is 4.79. The number of amides is 2. The summed E-state index contributed by atoms with van der Waals surface area (Å²) in [6, 6.07) is 4.01. The molecule has 0 aliphatic carbocycles. The summed E-state index contributed by atoms with van der Waals surface area (Å²) in [6.45, 7) is 0.779. The average Bonchev–Trinajstić information content (AvgIpc) is 3.06. The Labute approximate surface area is 120 Å². The van der Waals surface area contributed by atoms with E-state index in [9.17, 15) is 14.0 Å². The molecule has 0 bridgehead atoms. The highest BCUT2D eigenvalue weighted by atomic mass is 19.1. The molecule has 3 heterocycles. The first-order chi connectivity index (χ1) is 10.0. The van der Waals surface area contributed by atoms with Crippen LogP contribution in [0.5, 0.6) is 0 Å². The molecule has 5 nitrogen and oxygen atoms in total. The maximum Gasteiger partial charge on any atom is 0.247 e. The van der Waals surface area contributed by atoms with Crippen molar-refractivity contribution in [2.75, 3.05) is 11.9 Å². The molecule has 0 radical (unpaired) electrons. The van der Waals surface area contributed by atoms with Crippen LogP contribution in [-0.2, 0) is 15.0 Å². The summed E-state index contributed by atoms with van der Waals surface area (Å²) in [5.74, 6) is -1.34. The van der Waals surface area contributed by atoms with Gasteiger partial charge in [0.15, 0.2) is 0 Å². The van der Waals surface area contributed by atoms with E-state index in [1.165, 1.54) is 18.2 Å². The van der Waals surface area contributed by atoms with Crippen LogP contribution in [0.2, 0.25) is 0 Å². The minimum absolute atomic E-state index is 0.164. The number of nitrogens with two attached hydrogens (primary N) is 1. The van der Waals surface area contributed by atoms with Gasteiger partial charge < -0.3 is 16.0 Å². The van der Waals surface area contributed by atoms with Gasteiger partial charge in [0.25, 0.3) is 0 Å². The van der Waals surface area contributed by atoms with Crippen molar-refractivity contribution in [1.82, 2.24) is 4.90 Å². The van der Waals surface area contributed by atoms with Gasteiger partial charge in [-0.3, -0.25) is 9.59 Å². The molecular weight excluding hydrogens is 273 g/mol. The smallest absolute Gasteiger partial charge is 0.247 e. The summed E-state index contributed by atoms with van der Waals surface area (Å²) < 4.78 is 13.7. The molecule has 2 unspecified atom stereocenters. The number of primary amides is 1. The highest BCUT2D eigenvalue weighted by molar-refractivity contribution is 6.16. The second kappa shape index (κ2) is 3.84. The number of nitrogens with zero attached hydrogens (tertiary/aromatic N) is 1. The van der Waals surface area contributed by atoms with Gasteiger partial charge in [-0.2, -0.15) is 0 Å². The molecule has 3 N–H and O–H groups in total. The Balaban J connectivity index is 2.01. The van der Waals surface area contributed by atoms with Crippen LogP contribution < -0.4 is 11.1 Å². The van der Waals surface area contributed by atoms with Gasteiger partial charge in [0.1, 0.15) is 11.2 Å². The molecule has 2 amide bonds. The molecule has 1 spiro atoms. The maximum absolute atomic E-state index is 13.7. The van der Waals surface area contributed by atoms with Crippen LogP contribution in [0, 0.1) is 5.82 Å². The van der Waals surface area contributed by atoms with E-state index in [1.807, 2.05) is 4.90 Å². The zero-order chi connectivity index (χ0) is 14.8. The lowest BCUT2D eigenvalue weighted by molar-refractivity contribution is -0.123. The number of carbonyl (C=O) groups is 2. The Morgan fingerprint density at radius 2 is 2.29 bits per heavy atom. The van der Waals surface area contributed by atoms with Gasteiger partial charge >= 0.3 is 0 Å². The van der Waals surface area contributed by atoms with E-state index >= 15 is 0 Å². The minimum Gasteiger partial charge on any atom is -0.372 e. The van der Waals surface area contributed by atoms with Crippen molar-refractivity contribution in [3.8, 4) is 0 Å². The summed E-state index contributed by atoms with van der Waals surface area (Å²) in [7, 11) is 0. The Bertz CT molecular complexity index is 715. The average molecular weight is 287 g/mol. The van der Waals surface area contributed by atoms with Crippen LogP contribution in [0.25, 0.3) is 0 Å². The second-order valence-corrected chi connectivity index (χ2v) is 5.75. The standard InChI is InChI=1S/C15H14FN3O2/c16-8-3-4-11-9(6-8)15(14(21)18-11)10(13(17)20)7-19-5-1-2-12(15)19/h3-4,6-7,12H,1-2,5H2,(H2,17,20)(H,18,21). The van der Waals surface area contributed by atoms with Gasteiger partial charge in [0.2, 0.25) is 11.8 Å². The van der Waals surface area contributed by atoms with Crippen LogP contribution >= 0.6 is 0 Å². The summed E-state index contributed by atoms with van der Waals surface area (Å²) in [4.78, 5) is 26.6. The van der Waals surface area contributed by atoms with Gasteiger partial charge in [-0.05, 0) is 31.0 Å². The molecule has 108 valence electrons. The van der Waals surface area contributed by atoms with Crippen LogP contribution in [-0.4, -0.2) is 29.3 Å². The van der Waals surface area contributed by atoms with E-state index in [-0.39, 0.29) is 17.5 Å². The van der Waals surface area contributed by atoms with E-state index in [2.05, 4.69) is 5.32 Å². The molecule has 0 aromatic heterocycles.